The lowest BCUT2D eigenvalue weighted by Crippen LogP contribution is -2.48. The Hall–Kier alpha value is -2.19. The maximum absolute atomic E-state index is 13.5. The van der Waals surface area contributed by atoms with Gasteiger partial charge in [0, 0.05) is 54.9 Å². The first-order chi connectivity index (χ1) is 15.2. The molecule has 0 spiro atoms. The molecule has 3 amide bonds. The predicted molar refractivity (Wildman–Crippen MR) is 127 cm³/mol. The molecular weight excluding hydrogens is 426 g/mol. The van der Waals surface area contributed by atoms with Crippen molar-refractivity contribution in [3.63, 3.8) is 0 Å². The minimum Gasteiger partial charge on any atom is -0.385 e. The Morgan fingerprint density at radius 2 is 1.97 bits per heavy atom. The second kappa shape index (κ2) is 12.2. The van der Waals surface area contributed by atoms with Crippen LogP contribution in [0, 0.1) is 5.92 Å². The number of nitrogens with one attached hydrogen (secondary N) is 1. The topological polar surface area (TPSA) is 79.0 Å². The number of thiophene rings is 1. The maximum Gasteiger partial charge on any atom is 0.252 e. The van der Waals surface area contributed by atoms with E-state index in [2.05, 4.69) is 5.32 Å². The van der Waals surface area contributed by atoms with Gasteiger partial charge >= 0.3 is 0 Å². The van der Waals surface area contributed by atoms with Crippen LogP contribution in [0.1, 0.15) is 58.8 Å². The van der Waals surface area contributed by atoms with Gasteiger partial charge in [0.1, 0.15) is 0 Å². The van der Waals surface area contributed by atoms with Crippen molar-refractivity contribution in [3.05, 3.63) is 33.7 Å². The van der Waals surface area contributed by atoms with Gasteiger partial charge in [0.15, 0.2) is 0 Å². The Bertz CT molecular complexity index is 809. The van der Waals surface area contributed by atoms with Gasteiger partial charge in [0.25, 0.3) is 5.91 Å². The summed E-state index contributed by atoms with van der Waals surface area (Å²) in [6.45, 7) is 11.2. The molecule has 0 bridgehead atoms. The van der Waals surface area contributed by atoms with Gasteiger partial charge in [-0.3, -0.25) is 14.4 Å². The van der Waals surface area contributed by atoms with Crippen molar-refractivity contribution in [1.82, 2.24) is 15.1 Å². The first-order valence-electron chi connectivity index (χ1n) is 11.3. The second-order valence-corrected chi connectivity index (χ2v) is 9.79. The van der Waals surface area contributed by atoms with Crippen LogP contribution in [0.15, 0.2) is 28.8 Å². The number of rotatable bonds is 11. The van der Waals surface area contributed by atoms with Gasteiger partial charge in [-0.25, -0.2) is 0 Å². The zero-order valence-corrected chi connectivity index (χ0v) is 21.0. The zero-order chi connectivity index (χ0) is 23.8. The van der Waals surface area contributed by atoms with Crippen molar-refractivity contribution >= 4 is 29.1 Å². The van der Waals surface area contributed by atoms with E-state index in [1.807, 2.05) is 57.0 Å². The fraction of sp³-hybridized carbons (Fsp3) is 0.625. The Morgan fingerprint density at radius 1 is 1.28 bits per heavy atom. The lowest BCUT2D eigenvalue weighted by molar-refractivity contribution is -0.139. The molecule has 0 fully saturated rings. The Labute approximate surface area is 195 Å². The summed E-state index contributed by atoms with van der Waals surface area (Å²) >= 11 is 1.58. The van der Waals surface area contributed by atoms with Gasteiger partial charge in [-0.15, -0.1) is 11.3 Å². The molecule has 1 atom stereocenters. The van der Waals surface area contributed by atoms with Crippen LogP contribution in [-0.2, 0) is 25.7 Å². The number of hydrogen-bond acceptors (Lipinski definition) is 5. The highest BCUT2D eigenvalue weighted by atomic mass is 32.1. The molecule has 1 aromatic heterocycles. The molecule has 0 saturated heterocycles. The van der Waals surface area contributed by atoms with E-state index in [0.29, 0.717) is 37.4 Å². The van der Waals surface area contributed by atoms with Crippen LogP contribution >= 0.6 is 11.3 Å². The molecule has 2 rings (SSSR count). The van der Waals surface area contributed by atoms with Crippen LogP contribution in [0.3, 0.4) is 0 Å². The smallest absolute Gasteiger partial charge is 0.252 e. The number of amides is 3. The molecule has 178 valence electrons. The molecule has 1 aliphatic rings. The van der Waals surface area contributed by atoms with Crippen molar-refractivity contribution in [2.24, 2.45) is 5.92 Å². The highest BCUT2D eigenvalue weighted by Gasteiger charge is 2.38. The van der Waals surface area contributed by atoms with E-state index in [1.165, 1.54) is 0 Å². The van der Waals surface area contributed by atoms with E-state index in [1.54, 1.807) is 23.3 Å². The SMILES string of the molecule is COCCCN1C(=O)C(CC(=O)NCc2cccs2)CC(C(=O)N(C(C)C)C(C)C)=C1C. The second-order valence-electron chi connectivity index (χ2n) is 8.76. The molecule has 2 heterocycles. The van der Waals surface area contributed by atoms with Crippen molar-refractivity contribution < 1.29 is 19.1 Å². The first-order valence-corrected chi connectivity index (χ1v) is 12.2. The Balaban J connectivity index is 2.23. The molecule has 32 heavy (non-hydrogen) atoms. The average Bonchev–Trinajstić information content (AvgIpc) is 3.24. The van der Waals surface area contributed by atoms with Crippen molar-refractivity contribution in [2.45, 2.75) is 72.5 Å². The summed E-state index contributed by atoms with van der Waals surface area (Å²) in [5, 5.41) is 4.87. The number of carbonyl (C=O) groups excluding carboxylic acids is 3. The molecule has 1 N–H and O–H groups in total. The average molecular weight is 464 g/mol. The zero-order valence-electron chi connectivity index (χ0n) is 20.1. The van der Waals surface area contributed by atoms with Crippen LogP contribution in [0.2, 0.25) is 0 Å². The summed E-state index contributed by atoms with van der Waals surface area (Å²) in [4.78, 5) is 43.9. The third kappa shape index (κ3) is 6.65. The monoisotopic (exact) mass is 463 g/mol. The molecule has 7 nitrogen and oxygen atoms in total. The van der Waals surface area contributed by atoms with Crippen LogP contribution in [-0.4, -0.2) is 59.9 Å². The molecule has 1 aromatic rings. The summed E-state index contributed by atoms with van der Waals surface area (Å²) < 4.78 is 5.15. The summed E-state index contributed by atoms with van der Waals surface area (Å²) in [6.07, 6.45) is 1.02. The van der Waals surface area contributed by atoms with E-state index in [0.717, 1.165) is 4.88 Å². The van der Waals surface area contributed by atoms with E-state index in [9.17, 15) is 14.4 Å². The highest BCUT2D eigenvalue weighted by Crippen LogP contribution is 2.32. The number of carbonyl (C=O) groups is 3. The maximum atomic E-state index is 13.5. The van der Waals surface area contributed by atoms with Gasteiger partial charge < -0.3 is 19.9 Å². The molecule has 0 aliphatic carbocycles. The van der Waals surface area contributed by atoms with Crippen LogP contribution in [0.5, 0.6) is 0 Å². The van der Waals surface area contributed by atoms with Gasteiger partial charge in [-0.1, -0.05) is 6.07 Å². The van der Waals surface area contributed by atoms with Gasteiger partial charge in [-0.2, -0.15) is 0 Å². The van der Waals surface area contributed by atoms with Crippen molar-refractivity contribution in [1.29, 1.82) is 0 Å². The Morgan fingerprint density at radius 3 is 2.53 bits per heavy atom. The van der Waals surface area contributed by atoms with E-state index in [-0.39, 0.29) is 42.6 Å². The molecule has 0 saturated carbocycles. The molecule has 0 radical (unpaired) electrons. The van der Waals surface area contributed by atoms with Crippen LogP contribution in [0.4, 0.5) is 0 Å². The van der Waals surface area contributed by atoms with E-state index >= 15 is 0 Å². The molecule has 8 heteroatoms. The van der Waals surface area contributed by atoms with E-state index in [4.69, 9.17) is 4.74 Å². The molecule has 1 aliphatic heterocycles. The standard InChI is InChI=1S/C24H37N3O4S/c1-16(2)27(17(3)4)24(30)21-13-19(14-22(28)25-15-20-9-7-12-32-20)23(29)26(18(21)5)10-8-11-31-6/h7,9,12,16-17,19H,8,10-11,13-15H2,1-6H3,(H,25,28). The third-order valence-corrected chi connectivity index (χ3v) is 6.59. The minimum absolute atomic E-state index is 0.0370. The summed E-state index contributed by atoms with van der Waals surface area (Å²) in [5.74, 6) is -0.878. The Kier molecular flexibility index (Phi) is 9.90. The normalized spacial score (nSPS) is 16.8. The van der Waals surface area contributed by atoms with Gasteiger partial charge in [-0.05, 0) is 58.9 Å². The van der Waals surface area contributed by atoms with E-state index < -0.39 is 5.92 Å². The van der Waals surface area contributed by atoms with Crippen molar-refractivity contribution in [2.75, 3.05) is 20.3 Å². The lowest BCUT2D eigenvalue weighted by Gasteiger charge is -2.38. The first kappa shape index (κ1) is 26.1. The van der Waals surface area contributed by atoms with Crippen molar-refractivity contribution in [3.8, 4) is 0 Å². The number of allylic oxidation sites excluding steroid dienone is 1. The van der Waals surface area contributed by atoms with Gasteiger partial charge in [0.05, 0.1) is 12.5 Å². The molecule has 0 aromatic carbocycles. The van der Waals surface area contributed by atoms with Gasteiger partial charge in [0.2, 0.25) is 11.8 Å². The molecular formula is C24H37N3O4S. The third-order valence-electron chi connectivity index (χ3n) is 5.71. The lowest BCUT2D eigenvalue weighted by atomic mass is 9.88. The fourth-order valence-electron chi connectivity index (χ4n) is 4.19. The van der Waals surface area contributed by atoms with Crippen LogP contribution in [0.25, 0.3) is 0 Å². The predicted octanol–water partition coefficient (Wildman–Crippen LogP) is 3.56. The quantitative estimate of drug-likeness (QED) is 0.509. The largest absolute Gasteiger partial charge is 0.385 e. The summed E-state index contributed by atoms with van der Waals surface area (Å²) in [5.41, 5.74) is 1.32. The summed E-state index contributed by atoms with van der Waals surface area (Å²) in [6, 6.07) is 3.98. The minimum atomic E-state index is -0.551. The molecule has 1 unspecified atom stereocenters. The number of hydrogen-bond donors (Lipinski definition) is 1. The van der Waals surface area contributed by atoms with Crippen LogP contribution < -0.4 is 5.32 Å². The highest BCUT2D eigenvalue weighted by molar-refractivity contribution is 7.09. The number of ether oxygens (including phenoxy) is 1. The fourth-order valence-corrected chi connectivity index (χ4v) is 4.84. The number of methoxy groups -OCH3 is 1. The summed E-state index contributed by atoms with van der Waals surface area (Å²) in [7, 11) is 1.62. The number of nitrogens with zero attached hydrogens (tertiary/aromatic N) is 2.